The van der Waals surface area contributed by atoms with Crippen LogP contribution >= 0.6 is 11.6 Å². The lowest BCUT2D eigenvalue weighted by atomic mass is 10.2. The second kappa shape index (κ2) is 11.3. The summed E-state index contributed by atoms with van der Waals surface area (Å²) in [7, 11) is 5.19. The van der Waals surface area contributed by atoms with Crippen LogP contribution < -0.4 is 15.9 Å². The highest BCUT2D eigenvalue weighted by molar-refractivity contribution is 6.30. The summed E-state index contributed by atoms with van der Waals surface area (Å²) in [6.07, 6.45) is 0. The van der Waals surface area contributed by atoms with Crippen LogP contribution in [-0.2, 0) is 29.2 Å². The van der Waals surface area contributed by atoms with E-state index in [0.717, 1.165) is 6.54 Å². The Labute approximate surface area is 191 Å². The zero-order valence-electron chi connectivity index (χ0n) is 18.6. The van der Waals surface area contributed by atoms with Crippen LogP contribution in [0.4, 0.5) is 0 Å². The van der Waals surface area contributed by atoms with E-state index in [1.165, 1.54) is 15.3 Å². The molecule has 0 fully saturated rings. The highest BCUT2D eigenvalue weighted by atomic mass is 35.5. The number of ether oxygens (including phenoxy) is 3. The molecule has 0 aliphatic carbocycles. The van der Waals surface area contributed by atoms with Gasteiger partial charge in [0.25, 0.3) is 11.1 Å². The molecule has 2 aromatic heterocycles. The molecule has 10 heteroatoms. The van der Waals surface area contributed by atoms with Crippen molar-refractivity contribution >= 4 is 22.5 Å². The summed E-state index contributed by atoms with van der Waals surface area (Å²) >= 11 is 5.94. The molecule has 0 amide bonds. The van der Waals surface area contributed by atoms with Crippen molar-refractivity contribution in [1.82, 2.24) is 19.2 Å². The zero-order chi connectivity index (χ0) is 23.1. The quantitative estimate of drug-likeness (QED) is 0.440. The van der Waals surface area contributed by atoms with E-state index >= 15 is 0 Å². The predicted molar refractivity (Wildman–Crippen MR) is 124 cm³/mol. The maximum absolute atomic E-state index is 13.2. The average Bonchev–Trinajstić information content (AvgIpc) is 3.09. The molecular formula is C22H29ClN4O5. The number of likely N-dealkylation sites (N-methyl/N-ethyl adjacent to an activating group) is 1. The standard InChI is InChI=1S/C22H29ClN4O5/c1-25(10-12-30-2)8-9-27-22(29)21-18(24-27)14-20(28)26(11-13-31-3)19(21)15-32-17-6-4-16(23)5-7-17/h4-7,14,24H,8-13,15H2,1-3H3. The van der Waals surface area contributed by atoms with Gasteiger partial charge in [-0.05, 0) is 31.3 Å². The summed E-state index contributed by atoms with van der Waals surface area (Å²) in [4.78, 5) is 28.1. The minimum atomic E-state index is -0.227. The minimum absolute atomic E-state index is 0.0543. The number of hydrogen-bond acceptors (Lipinski definition) is 6. The van der Waals surface area contributed by atoms with Crippen molar-refractivity contribution in [3.63, 3.8) is 0 Å². The molecule has 0 atom stereocenters. The smallest absolute Gasteiger partial charge is 0.276 e. The molecule has 0 radical (unpaired) electrons. The number of benzene rings is 1. The van der Waals surface area contributed by atoms with Gasteiger partial charge >= 0.3 is 0 Å². The summed E-state index contributed by atoms with van der Waals surface area (Å²) in [6, 6.07) is 8.37. The molecule has 0 aliphatic heterocycles. The summed E-state index contributed by atoms with van der Waals surface area (Å²) in [5.41, 5.74) is 0.575. The zero-order valence-corrected chi connectivity index (χ0v) is 19.4. The Hall–Kier alpha value is -2.59. The molecule has 174 valence electrons. The number of methoxy groups -OCH3 is 2. The average molecular weight is 465 g/mol. The van der Waals surface area contributed by atoms with Gasteiger partial charge in [-0.2, -0.15) is 0 Å². The third-order valence-corrected chi connectivity index (χ3v) is 5.47. The molecule has 1 N–H and O–H groups in total. The van der Waals surface area contributed by atoms with Gasteiger partial charge in [-0.1, -0.05) is 11.6 Å². The van der Waals surface area contributed by atoms with Crippen molar-refractivity contribution in [2.75, 3.05) is 47.6 Å². The van der Waals surface area contributed by atoms with Gasteiger partial charge in [0, 0.05) is 44.9 Å². The molecule has 2 heterocycles. The fraction of sp³-hybridized carbons (Fsp3) is 0.455. The number of aromatic nitrogens is 3. The summed E-state index contributed by atoms with van der Waals surface area (Å²) < 4.78 is 19.2. The molecular weight excluding hydrogens is 436 g/mol. The highest BCUT2D eigenvalue weighted by Gasteiger charge is 2.18. The van der Waals surface area contributed by atoms with Gasteiger partial charge in [-0.15, -0.1) is 0 Å². The van der Waals surface area contributed by atoms with Crippen molar-refractivity contribution in [1.29, 1.82) is 0 Å². The number of nitrogens with one attached hydrogen (secondary N) is 1. The van der Waals surface area contributed by atoms with Crippen LogP contribution in [0.25, 0.3) is 10.9 Å². The Morgan fingerprint density at radius 3 is 2.44 bits per heavy atom. The van der Waals surface area contributed by atoms with Crippen LogP contribution in [0.2, 0.25) is 5.02 Å². The first kappa shape index (κ1) is 24.1. The van der Waals surface area contributed by atoms with E-state index in [-0.39, 0.29) is 17.7 Å². The molecule has 9 nitrogen and oxygen atoms in total. The Balaban J connectivity index is 1.95. The SMILES string of the molecule is COCCN(C)CCn1[nH]c2cc(=O)n(CCOC)c(COc3ccc(Cl)cc3)c2c1=O. The first-order valence-corrected chi connectivity index (χ1v) is 10.7. The number of nitrogens with zero attached hydrogens (tertiary/aromatic N) is 3. The summed E-state index contributed by atoms with van der Waals surface area (Å²) in [5, 5.41) is 4.11. The van der Waals surface area contributed by atoms with Crippen molar-refractivity contribution in [3.8, 4) is 5.75 Å². The monoisotopic (exact) mass is 464 g/mol. The molecule has 1 aromatic carbocycles. The van der Waals surface area contributed by atoms with E-state index in [4.69, 9.17) is 25.8 Å². The third kappa shape index (κ3) is 5.80. The van der Waals surface area contributed by atoms with Crippen molar-refractivity contribution in [2.24, 2.45) is 0 Å². The molecule has 0 aliphatic rings. The molecule has 0 saturated heterocycles. The Kier molecular flexibility index (Phi) is 8.52. The second-order valence-corrected chi connectivity index (χ2v) is 7.91. The van der Waals surface area contributed by atoms with Gasteiger partial charge in [-0.25, -0.2) is 0 Å². The molecule has 3 rings (SSSR count). The van der Waals surface area contributed by atoms with Crippen LogP contribution in [0.3, 0.4) is 0 Å². The first-order chi connectivity index (χ1) is 15.4. The Bertz CT molecular complexity index is 1140. The molecule has 0 spiro atoms. The summed E-state index contributed by atoms with van der Waals surface area (Å²) in [6.45, 7) is 3.19. The number of fused-ring (bicyclic) bond motifs is 1. The van der Waals surface area contributed by atoms with Crippen LogP contribution in [0.5, 0.6) is 5.75 Å². The van der Waals surface area contributed by atoms with E-state index in [1.807, 2.05) is 7.05 Å². The van der Waals surface area contributed by atoms with Gasteiger partial charge in [-0.3, -0.25) is 19.4 Å². The number of pyridine rings is 1. The first-order valence-electron chi connectivity index (χ1n) is 10.3. The molecule has 3 aromatic rings. The van der Waals surface area contributed by atoms with Crippen molar-refractivity contribution in [3.05, 3.63) is 61.8 Å². The number of hydrogen-bond donors (Lipinski definition) is 1. The number of halogens is 1. The Morgan fingerprint density at radius 1 is 1.03 bits per heavy atom. The van der Waals surface area contributed by atoms with Gasteiger partial charge in [0.2, 0.25) is 0 Å². The van der Waals surface area contributed by atoms with Gasteiger partial charge in [0.05, 0.1) is 36.4 Å². The number of H-pyrrole nitrogens is 1. The van der Waals surface area contributed by atoms with E-state index < -0.39 is 0 Å². The summed E-state index contributed by atoms with van der Waals surface area (Å²) in [5.74, 6) is 0.591. The maximum Gasteiger partial charge on any atom is 0.276 e. The molecule has 0 unspecified atom stereocenters. The topological polar surface area (TPSA) is 90.7 Å². The fourth-order valence-electron chi connectivity index (χ4n) is 3.40. The van der Waals surface area contributed by atoms with E-state index in [1.54, 1.807) is 38.5 Å². The van der Waals surface area contributed by atoms with E-state index in [9.17, 15) is 9.59 Å². The lowest BCUT2D eigenvalue weighted by Crippen LogP contribution is -2.30. The van der Waals surface area contributed by atoms with E-state index in [2.05, 4.69) is 10.00 Å². The molecule has 0 bridgehead atoms. The lowest BCUT2D eigenvalue weighted by Gasteiger charge is -2.15. The number of aromatic amines is 1. The fourth-order valence-corrected chi connectivity index (χ4v) is 3.53. The number of rotatable bonds is 12. The van der Waals surface area contributed by atoms with E-state index in [0.29, 0.717) is 60.2 Å². The second-order valence-electron chi connectivity index (χ2n) is 7.47. The van der Waals surface area contributed by atoms with Crippen LogP contribution in [0, 0.1) is 0 Å². The maximum atomic E-state index is 13.2. The largest absolute Gasteiger partial charge is 0.487 e. The lowest BCUT2D eigenvalue weighted by molar-refractivity contribution is 0.158. The minimum Gasteiger partial charge on any atom is -0.487 e. The van der Waals surface area contributed by atoms with Gasteiger partial charge < -0.3 is 23.7 Å². The van der Waals surface area contributed by atoms with Crippen LogP contribution in [0.15, 0.2) is 39.9 Å². The normalized spacial score (nSPS) is 11.5. The third-order valence-electron chi connectivity index (χ3n) is 5.22. The van der Waals surface area contributed by atoms with Crippen LogP contribution in [-0.4, -0.2) is 66.8 Å². The van der Waals surface area contributed by atoms with Gasteiger partial charge in [0.15, 0.2) is 0 Å². The highest BCUT2D eigenvalue weighted by Crippen LogP contribution is 2.19. The van der Waals surface area contributed by atoms with Crippen molar-refractivity contribution < 1.29 is 14.2 Å². The molecule has 32 heavy (non-hydrogen) atoms. The predicted octanol–water partition coefficient (Wildman–Crippen LogP) is 1.95. The van der Waals surface area contributed by atoms with Crippen molar-refractivity contribution in [2.45, 2.75) is 19.7 Å². The Morgan fingerprint density at radius 2 is 1.75 bits per heavy atom. The van der Waals surface area contributed by atoms with Crippen LogP contribution in [0.1, 0.15) is 5.69 Å². The van der Waals surface area contributed by atoms with Gasteiger partial charge in [0.1, 0.15) is 12.4 Å². The molecule has 0 saturated carbocycles.